The Labute approximate surface area is 173 Å². The fourth-order valence-corrected chi connectivity index (χ4v) is 3.88. The van der Waals surface area contributed by atoms with Crippen LogP contribution in [0.3, 0.4) is 0 Å². The highest BCUT2D eigenvalue weighted by Gasteiger charge is 2.23. The van der Waals surface area contributed by atoms with Gasteiger partial charge in [-0.25, -0.2) is 9.59 Å². The average molecular weight is 408 g/mol. The second-order valence-electron chi connectivity index (χ2n) is 7.36. The van der Waals surface area contributed by atoms with Crippen LogP contribution in [0.25, 0.3) is 21.5 Å². The summed E-state index contributed by atoms with van der Waals surface area (Å²) in [4.78, 5) is 32.0. The number of carbonyl (C=O) groups excluding carboxylic acids is 1. The van der Waals surface area contributed by atoms with Gasteiger partial charge in [0.25, 0.3) is 0 Å². The molecule has 1 saturated heterocycles. The van der Waals surface area contributed by atoms with Crippen LogP contribution in [0.2, 0.25) is 0 Å². The zero-order valence-corrected chi connectivity index (χ0v) is 16.5. The SMILES string of the molecule is NC(=O)C1CCN(Cc2c3ccccc3cc3ccccc23)CC1.O=C(O)C(=O)O. The number of primary amides is 1. The smallest absolute Gasteiger partial charge is 0.414 e. The standard InChI is InChI=1S/C21H22N2O.C2H2O4/c22-21(24)15-9-11-23(12-10-15)14-20-18-7-3-1-5-16(18)13-17-6-2-4-8-19(17)20;3-1(4)2(5)6/h1-8,13,15H,9-12,14H2,(H2,22,24);(H,3,4)(H,5,6). The monoisotopic (exact) mass is 408 g/mol. The predicted octanol–water partition coefficient (Wildman–Crippen LogP) is 2.85. The van der Waals surface area contributed by atoms with E-state index < -0.39 is 11.9 Å². The fraction of sp³-hybridized carbons (Fsp3) is 0.261. The summed E-state index contributed by atoms with van der Waals surface area (Å²) in [6.07, 6.45) is 1.75. The van der Waals surface area contributed by atoms with E-state index in [0.29, 0.717) is 0 Å². The number of aliphatic carboxylic acids is 2. The topological polar surface area (TPSA) is 121 Å². The Kier molecular flexibility index (Phi) is 6.64. The summed E-state index contributed by atoms with van der Waals surface area (Å²) in [5.74, 6) is -3.75. The minimum Gasteiger partial charge on any atom is -0.473 e. The van der Waals surface area contributed by atoms with Crippen molar-refractivity contribution < 1.29 is 24.6 Å². The van der Waals surface area contributed by atoms with Crippen molar-refractivity contribution in [3.63, 3.8) is 0 Å². The Bertz CT molecular complexity index is 1020. The van der Waals surface area contributed by atoms with Gasteiger partial charge in [0.05, 0.1) is 0 Å². The van der Waals surface area contributed by atoms with Crippen molar-refractivity contribution in [2.45, 2.75) is 19.4 Å². The zero-order valence-electron chi connectivity index (χ0n) is 16.5. The van der Waals surface area contributed by atoms with Gasteiger partial charge in [0, 0.05) is 12.5 Å². The van der Waals surface area contributed by atoms with E-state index in [1.807, 2.05) is 0 Å². The van der Waals surface area contributed by atoms with Crippen molar-refractivity contribution in [2.75, 3.05) is 13.1 Å². The number of hydrogen-bond acceptors (Lipinski definition) is 4. The van der Waals surface area contributed by atoms with E-state index in [2.05, 4.69) is 59.5 Å². The van der Waals surface area contributed by atoms with Crippen LogP contribution in [0, 0.1) is 5.92 Å². The van der Waals surface area contributed by atoms with E-state index in [4.69, 9.17) is 25.5 Å². The molecule has 0 aromatic heterocycles. The number of likely N-dealkylation sites (tertiary alicyclic amines) is 1. The van der Waals surface area contributed by atoms with Crippen LogP contribution in [-0.2, 0) is 20.9 Å². The molecular formula is C23H24N2O5. The number of hydrogen-bond donors (Lipinski definition) is 3. The third-order valence-corrected chi connectivity index (χ3v) is 5.44. The van der Waals surface area contributed by atoms with Crippen LogP contribution in [0.1, 0.15) is 18.4 Å². The van der Waals surface area contributed by atoms with Crippen LogP contribution in [-0.4, -0.2) is 46.0 Å². The highest BCUT2D eigenvalue weighted by Crippen LogP contribution is 2.30. The van der Waals surface area contributed by atoms with Crippen molar-refractivity contribution >= 4 is 39.4 Å². The molecule has 7 heteroatoms. The van der Waals surface area contributed by atoms with Gasteiger partial charge in [-0.2, -0.15) is 0 Å². The molecule has 4 N–H and O–H groups in total. The number of carboxylic acid groups (broad SMARTS) is 2. The number of carbonyl (C=O) groups is 3. The van der Waals surface area contributed by atoms with Gasteiger partial charge in [-0.05, 0) is 59.1 Å². The van der Waals surface area contributed by atoms with Crippen molar-refractivity contribution in [1.82, 2.24) is 4.90 Å². The van der Waals surface area contributed by atoms with Gasteiger partial charge in [-0.1, -0.05) is 48.5 Å². The molecule has 0 atom stereocenters. The molecule has 1 amide bonds. The number of piperidine rings is 1. The third-order valence-electron chi connectivity index (χ3n) is 5.44. The van der Waals surface area contributed by atoms with E-state index in [-0.39, 0.29) is 11.8 Å². The van der Waals surface area contributed by atoms with Crippen LogP contribution in [0.15, 0.2) is 54.6 Å². The molecule has 0 radical (unpaired) electrons. The minimum atomic E-state index is -1.82. The van der Waals surface area contributed by atoms with Gasteiger partial charge >= 0.3 is 11.9 Å². The molecule has 0 unspecified atom stereocenters. The van der Waals surface area contributed by atoms with Gasteiger partial charge < -0.3 is 15.9 Å². The molecule has 3 aromatic carbocycles. The van der Waals surface area contributed by atoms with Gasteiger partial charge in [0.1, 0.15) is 0 Å². The molecule has 1 heterocycles. The van der Waals surface area contributed by atoms with Crippen LogP contribution in [0.5, 0.6) is 0 Å². The summed E-state index contributed by atoms with van der Waals surface area (Å²) < 4.78 is 0. The normalized spacial score (nSPS) is 14.8. The number of nitrogens with zero attached hydrogens (tertiary/aromatic N) is 1. The Hall–Kier alpha value is -3.45. The maximum absolute atomic E-state index is 11.4. The Balaban J connectivity index is 0.000000377. The first-order valence-electron chi connectivity index (χ1n) is 9.74. The highest BCUT2D eigenvalue weighted by atomic mass is 16.4. The number of fused-ring (bicyclic) bond motifs is 2. The molecule has 7 nitrogen and oxygen atoms in total. The van der Waals surface area contributed by atoms with Gasteiger partial charge in [0.15, 0.2) is 0 Å². The lowest BCUT2D eigenvalue weighted by molar-refractivity contribution is -0.159. The highest BCUT2D eigenvalue weighted by molar-refractivity contribution is 6.27. The van der Waals surface area contributed by atoms with Crippen molar-refractivity contribution in [3.8, 4) is 0 Å². The third kappa shape index (κ3) is 4.93. The minimum absolute atomic E-state index is 0.0468. The van der Waals surface area contributed by atoms with E-state index in [1.165, 1.54) is 27.1 Å². The molecular weight excluding hydrogens is 384 g/mol. The largest absolute Gasteiger partial charge is 0.473 e. The maximum atomic E-state index is 11.4. The molecule has 1 fully saturated rings. The summed E-state index contributed by atoms with van der Waals surface area (Å²) in [6.45, 7) is 2.80. The van der Waals surface area contributed by atoms with E-state index in [9.17, 15) is 4.79 Å². The summed E-state index contributed by atoms with van der Waals surface area (Å²) in [6, 6.07) is 19.5. The van der Waals surface area contributed by atoms with Crippen LogP contribution in [0.4, 0.5) is 0 Å². The zero-order chi connectivity index (χ0) is 21.7. The van der Waals surface area contributed by atoms with Crippen molar-refractivity contribution in [3.05, 3.63) is 60.2 Å². The molecule has 0 bridgehead atoms. The van der Waals surface area contributed by atoms with Gasteiger partial charge in [0.2, 0.25) is 5.91 Å². The Morgan fingerprint density at radius 2 is 1.33 bits per heavy atom. The lowest BCUT2D eigenvalue weighted by Gasteiger charge is -2.31. The van der Waals surface area contributed by atoms with E-state index in [0.717, 1.165) is 32.5 Å². The first-order valence-corrected chi connectivity index (χ1v) is 9.74. The molecule has 0 spiro atoms. The molecule has 0 aliphatic carbocycles. The fourth-order valence-electron chi connectivity index (χ4n) is 3.88. The lowest BCUT2D eigenvalue weighted by atomic mass is 9.93. The number of nitrogens with two attached hydrogens (primary N) is 1. The Morgan fingerprint density at radius 1 is 0.867 bits per heavy atom. The summed E-state index contributed by atoms with van der Waals surface area (Å²) in [7, 11) is 0. The predicted molar refractivity (Wildman–Crippen MR) is 114 cm³/mol. The summed E-state index contributed by atoms with van der Waals surface area (Å²) >= 11 is 0. The van der Waals surface area contributed by atoms with Crippen LogP contribution < -0.4 is 5.73 Å². The summed E-state index contributed by atoms with van der Waals surface area (Å²) in [5, 5.41) is 20.0. The number of amides is 1. The van der Waals surface area contributed by atoms with E-state index >= 15 is 0 Å². The van der Waals surface area contributed by atoms with Crippen molar-refractivity contribution in [2.24, 2.45) is 11.7 Å². The molecule has 1 aliphatic rings. The second kappa shape index (κ2) is 9.37. The molecule has 3 aromatic rings. The second-order valence-corrected chi connectivity index (χ2v) is 7.36. The number of benzene rings is 3. The summed E-state index contributed by atoms with van der Waals surface area (Å²) in [5.41, 5.74) is 6.85. The first-order chi connectivity index (χ1) is 14.4. The molecule has 30 heavy (non-hydrogen) atoms. The molecule has 156 valence electrons. The maximum Gasteiger partial charge on any atom is 0.414 e. The molecule has 0 saturated carbocycles. The Morgan fingerprint density at radius 3 is 1.77 bits per heavy atom. The molecule has 4 rings (SSSR count). The van der Waals surface area contributed by atoms with Crippen molar-refractivity contribution in [1.29, 1.82) is 0 Å². The van der Waals surface area contributed by atoms with E-state index in [1.54, 1.807) is 0 Å². The molecule has 1 aliphatic heterocycles. The number of carboxylic acids is 2. The van der Waals surface area contributed by atoms with Gasteiger partial charge in [-0.15, -0.1) is 0 Å². The lowest BCUT2D eigenvalue weighted by Crippen LogP contribution is -2.38. The van der Waals surface area contributed by atoms with Gasteiger partial charge in [-0.3, -0.25) is 9.69 Å². The van der Waals surface area contributed by atoms with Crippen LogP contribution >= 0.6 is 0 Å². The quantitative estimate of drug-likeness (QED) is 0.453. The number of rotatable bonds is 3. The average Bonchev–Trinajstić information content (AvgIpc) is 2.74. The first kappa shape index (κ1) is 21.3.